The number of ether oxygens (including phenoxy) is 1. The Morgan fingerprint density at radius 2 is 1.95 bits per heavy atom. The monoisotopic (exact) mass is 269 g/mol. The van der Waals surface area contributed by atoms with E-state index in [0.717, 1.165) is 16.9 Å². The van der Waals surface area contributed by atoms with E-state index in [1.54, 1.807) is 6.07 Å². The quantitative estimate of drug-likeness (QED) is 0.813. The van der Waals surface area contributed by atoms with Crippen molar-refractivity contribution in [3.8, 4) is 18.1 Å². The summed E-state index contributed by atoms with van der Waals surface area (Å²) in [7, 11) is 0. The Bertz CT molecular complexity index is 604. The van der Waals surface area contributed by atoms with Gasteiger partial charge in [-0.1, -0.05) is 36.3 Å². The Labute approximate surface area is 118 Å². The second kappa shape index (κ2) is 7.32. The van der Waals surface area contributed by atoms with E-state index in [2.05, 4.69) is 11.2 Å². The fraction of sp³-hybridized carbons (Fsp3) is 0.176. The lowest BCUT2D eigenvalue weighted by Gasteiger charge is -2.10. The molecule has 0 fully saturated rings. The molecule has 2 aromatic rings. The van der Waals surface area contributed by atoms with Gasteiger partial charge in [0.05, 0.1) is 0 Å². The van der Waals surface area contributed by atoms with Crippen molar-refractivity contribution in [3.05, 3.63) is 65.5 Å². The molecule has 0 saturated heterocycles. The summed E-state index contributed by atoms with van der Waals surface area (Å²) in [5.41, 5.74) is 1.94. The van der Waals surface area contributed by atoms with Gasteiger partial charge in [0.25, 0.3) is 0 Å². The van der Waals surface area contributed by atoms with E-state index >= 15 is 0 Å². The molecule has 0 radical (unpaired) electrons. The number of halogens is 1. The van der Waals surface area contributed by atoms with Crippen molar-refractivity contribution in [1.29, 1.82) is 0 Å². The summed E-state index contributed by atoms with van der Waals surface area (Å²) in [5.74, 6) is 3.00. The lowest BCUT2D eigenvalue weighted by atomic mass is 10.2. The zero-order chi connectivity index (χ0) is 14.2. The van der Waals surface area contributed by atoms with E-state index in [4.69, 9.17) is 11.2 Å². The zero-order valence-corrected chi connectivity index (χ0v) is 11.1. The third kappa shape index (κ3) is 4.11. The summed E-state index contributed by atoms with van der Waals surface area (Å²) in [6, 6.07) is 14.3. The van der Waals surface area contributed by atoms with Crippen LogP contribution in [-0.4, -0.2) is 6.61 Å². The minimum atomic E-state index is -0.220. The second-order valence-electron chi connectivity index (χ2n) is 4.33. The molecular weight excluding hydrogens is 253 g/mol. The minimum Gasteiger partial charge on any atom is -0.481 e. The maximum atomic E-state index is 13.1. The standard InChI is InChI=1S/C17H16FNO/c1-2-10-20-17-9-4-3-7-15(17)13-19-12-14-6-5-8-16(18)11-14/h1,3-9,11,19H,10,12-13H2. The second-order valence-corrected chi connectivity index (χ2v) is 4.33. The van der Waals surface area contributed by atoms with Crippen LogP contribution in [0.25, 0.3) is 0 Å². The molecular formula is C17H16FNO. The van der Waals surface area contributed by atoms with Crippen molar-refractivity contribution in [2.75, 3.05) is 6.61 Å². The highest BCUT2D eigenvalue weighted by atomic mass is 19.1. The van der Waals surface area contributed by atoms with Crippen molar-refractivity contribution in [1.82, 2.24) is 5.32 Å². The van der Waals surface area contributed by atoms with Crippen LogP contribution in [0.2, 0.25) is 0 Å². The van der Waals surface area contributed by atoms with E-state index in [-0.39, 0.29) is 12.4 Å². The maximum absolute atomic E-state index is 13.1. The number of para-hydroxylation sites is 1. The number of terminal acetylenes is 1. The average molecular weight is 269 g/mol. The Morgan fingerprint density at radius 3 is 2.75 bits per heavy atom. The van der Waals surface area contributed by atoms with Crippen molar-refractivity contribution in [3.63, 3.8) is 0 Å². The van der Waals surface area contributed by atoms with Gasteiger partial charge < -0.3 is 10.1 Å². The first kappa shape index (κ1) is 14.1. The van der Waals surface area contributed by atoms with Crippen LogP contribution >= 0.6 is 0 Å². The molecule has 0 aliphatic carbocycles. The zero-order valence-electron chi connectivity index (χ0n) is 11.1. The molecule has 3 heteroatoms. The number of nitrogens with one attached hydrogen (secondary N) is 1. The average Bonchev–Trinajstić information content (AvgIpc) is 2.46. The molecule has 2 aromatic carbocycles. The molecule has 2 nitrogen and oxygen atoms in total. The summed E-state index contributed by atoms with van der Waals surface area (Å²) in [6.07, 6.45) is 5.19. The van der Waals surface area contributed by atoms with Gasteiger partial charge in [-0.15, -0.1) is 6.42 Å². The molecule has 0 aliphatic rings. The SMILES string of the molecule is C#CCOc1ccccc1CNCc1cccc(F)c1. The summed E-state index contributed by atoms with van der Waals surface area (Å²) < 4.78 is 18.5. The topological polar surface area (TPSA) is 21.3 Å². The largest absolute Gasteiger partial charge is 0.481 e. The lowest BCUT2D eigenvalue weighted by molar-refractivity contribution is 0.364. The van der Waals surface area contributed by atoms with Gasteiger partial charge in [0.15, 0.2) is 0 Å². The number of hydrogen-bond donors (Lipinski definition) is 1. The third-order valence-electron chi connectivity index (χ3n) is 2.82. The first-order valence-electron chi connectivity index (χ1n) is 6.39. The molecule has 20 heavy (non-hydrogen) atoms. The molecule has 0 bridgehead atoms. The van der Waals surface area contributed by atoms with Gasteiger partial charge in [-0.3, -0.25) is 0 Å². The van der Waals surface area contributed by atoms with Crippen LogP contribution in [0.4, 0.5) is 4.39 Å². The Balaban J connectivity index is 1.92. The predicted octanol–water partition coefficient (Wildman–Crippen LogP) is 3.13. The van der Waals surface area contributed by atoms with E-state index < -0.39 is 0 Å². The van der Waals surface area contributed by atoms with Gasteiger partial charge in [0.2, 0.25) is 0 Å². The molecule has 0 heterocycles. The van der Waals surface area contributed by atoms with E-state index in [0.29, 0.717) is 13.1 Å². The van der Waals surface area contributed by atoms with Crippen LogP contribution in [0.3, 0.4) is 0 Å². The highest BCUT2D eigenvalue weighted by Gasteiger charge is 2.02. The van der Waals surface area contributed by atoms with Crippen LogP contribution in [0, 0.1) is 18.2 Å². The van der Waals surface area contributed by atoms with E-state index in [9.17, 15) is 4.39 Å². The third-order valence-corrected chi connectivity index (χ3v) is 2.82. The molecule has 0 saturated carbocycles. The first-order chi connectivity index (χ1) is 9.79. The Kier molecular flexibility index (Phi) is 5.16. The van der Waals surface area contributed by atoms with E-state index in [1.165, 1.54) is 12.1 Å². The number of hydrogen-bond acceptors (Lipinski definition) is 2. The minimum absolute atomic E-state index is 0.220. The van der Waals surface area contributed by atoms with Gasteiger partial charge in [-0.2, -0.15) is 0 Å². The van der Waals surface area contributed by atoms with Crippen LogP contribution in [-0.2, 0) is 13.1 Å². The summed E-state index contributed by atoms with van der Waals surface area (Å²) in [5, 5.41) is 3.26. The number of rotatable bonds is 6. The smallest absolute Gasteiger partial charge is 0.148 e. The summed E-state index contributed by atoms with van der Waals surface area (Å²) >= 11 is 0. The van der Waals surface area contributed by atoms with Gasteiger partial charge in [-0.25, -0.2) is 4.39 Å². The highest BCUT2D eigenvalue weighted by molar-refractivity contribution is 5.33. The maximum Gasteiger partial charge on any atom is 0.148 e. The van der Waals surface area contributed by atoms with Crippen molar-refractivity contribution < 1.29 is 9.13 Å². The Morgan fingerprint density at radius 1 is 1.10 bits per heavy atom. The fourth-order valence-electron chi connectivity index (χ4n) is 1.90. The summed E-state index contributed by atoms with van der Waals surface area (Å²) in [4.78, 5) is 0. The molecule has 0 unspecified atom stereocenters. The van der Waals surface area contributed by atoms with Gasteiger partial charge in [-0.05, 0) is 23.8 Å². The Hall–Kier alpha value is -2.31. The predicted molar refractivity (Wildman–Crippen MR) is 77.7 cm³/mol. The van der Waals surface area contributed by atoms with Gasteiger partial charge in [0.1, 0.15) is 18.2 Å². The number of benzene rings is 2. The molecule has 2 rings (SSSR count). The lowest BCUT2D eigenvalue weighted by Crippen LogP contribution is -2.13. The van der Waals surface area contributed by atoms with Crippen molar-refractivity contribution in [2.45, 2.75) is 13.1 Å². The van der Waals surface area contributed by atoms with Crippen LogP contribution in [0.15, 0.2) is 48.5 Å². The molecule has 0 atom stereocenters. The van der Waals surface area contributed by atoms with Crippen LogP contribution in [0.1, 0.15) is 11.1 Å². The van der Waals surface area contributed by atoms with Crippen molar-refractivity contribution >= 4 is 0 Å². The molecule has 102 valence electrons. The van der Waals surface area contributed by atoms with Crippen LogP contribution in [0.5, 0.6) is 5.75 Å². The highest BCUT2D eigenvalue weighted by Crippen LogP contribution is 2.17. The molecule has 0 spiro atoms. The van der Waals surface area contributed by atoms with E-state index in [1.807, 2.05) is 30.3 Å². The van der Waals surface area contributed by atoms with Gasteiger partial charge in [0, 0.05) is 18.7 Å². The fourth-order valence-corrected chi connectivity index (χ4v) is 1.90. The molecule has 0 aromatic heterocycles. The van der Waals surface area contributed by atoms with Crippen molar-refractivity contribution in [2.24, 2.45) is 0 Å². The molecule has 0 aliphatic heterocycles. The first-order valence-corrected chi connectivity index (χ1v) is 6.39. The van der Waals surface area contributed by atoms with Gasteiger partial charge >= 0.3 is 0 Å². The summed E-state index contributed by atoms with van der Waals surface area (Å²) in [6.45, 7) is 1.49. The molecule has 0 amide bonds. The normalized spacial score (nSPS) is 10.0. The molecule has 1 N–H and O–H groups in total. The van der Waals surface area contributed by atoms with Crippen LogP contribution < -0.4 is 10.1 Å².